The fraction of sp³-hybridized carbons (Fsp3) is 0.250. The maximum atomic E-state index is 12.6. The van der Waals surface area contributed by atoms with Crippen LogP contribution in [0.2, 0.25) is 5.02 Å². The number of anilines is 1. The number of rotatable bonds is 6. The fourth-order valence-electron chi connectivity index (χ4n) is 3.26. The molecule has 0 bridgehead atoms. The lowest BCUT2D eigenvalue weighted by atomic mass is 10.0. The van der Waals surface area contributed by atoms with Crippen LogP contribution in [-0.2, 0) is 14.8 Å². The summed E-state index contributed by atoms with van der Waals surface area (Å²) in [7, 11) is -3.59. The molecule has 9 heteroatoms. The third-order valence-electron chi connectivity index (χ3n) is 4.74. The van der Waals surface area contributed by atoms with Gasteiger partial charge in [0.05, 0.1) is 4.90 Å². The zero-order chi connectivity index (χ0) is 20.9. The standard InChI is InChI=1S/C20H22ClN3O4S/c21-16-6-8-18(9-7-16)29(27,28)23-17-11-13-24(14-12-17)19-4-2-1-3-15(19)5-10-20(25)22-26/h1-10,17,23,26H,11-14H2,(H,22,25). The second-order valence-electron chi connectivity index (χ2n) is 6.70. The average Bonchev–Trinajstić information content (AvgIpc) is 2.73. The molecule has 0 unspecified atom stereocenters. The Morgan fingerprint density at radius 1 is 1.10 bits per heavy atom. The summed E-state index contributed by atoms with van der Waals surface area (Å²) < 4.78 is 27.9. The number of hydroxylamine groups is 1. The zero-order valence-electron chi connectivity index (χ0n) is 15.6. The number of hydrogen-bond acceptors (Lipinski definition) is 5. The van der Waals surface area contributed by atoms with Crippen LogP contribution in [0.3, 0.4) is 0 Å². The number of nitrogens with one attached hydrogen (secondary N) is 2. The van der Waals surface area contributed by atoms with E-state index in [4.69, 9.17) is 16.8 Å². The highest BCUT2D eigenvalue weighted by molar-refractivity contribution is 7.89. The minimum absolute atomic E-state index is 0.158. The summed E-state index contributed by atoms with van der Waals surface area (Å²) in [4.78, 5) is 13.6. The van der Waals surface area contributed by atoms with E-state index in [2.05, 4.69) is 9.62 Å². The van der Waals surface area contributed by atoms with Crippen molar-refractivity contribution in [2.75, 3.05) is 18.0 Å². The van der Waals surface area contributed by atoms with E-state index >= 15 is 0 Å². The van der Waals surface area contributed by atoms with Gasteiger partial charge in [-0.1, -0.05) is 29.8 Å². The number of benzene rings is 2. The Morgan fingerprint density at radius 2 is 1.76 bits per heavy atom. The highest BCUT2D eigenvalue weighted by atomic mass is 35.5. The molecule has 1 amide bonds. The van der Waals surface area contributed by atoms with Crippen LogP contribution >= 0.6 is 11.6 Å². The summed E-state index contributed by atoms with van der Waals surface area (Å²) in [6.07, 6.45) is 4.20. The topological polar surface area (TPSA) is 98.7 Å². The van der Waals surface area contributed by atoms with E-state index in [1.807, 2.05) is 24.3 Å². The first-order chi connectivity index (χ1) is 13.9. The Balaban J connectivity index is 1.65. The monoisotopic (exact) mass is 435 g/mol. The fourth-order valence-corrected chi connectivity index (χ4v) is 4.69. The molecule has 0 saturated carbocycles. The van der Waals surface area contributed by atoms with Crippen molar-refractivity contribution in [3.05, 3.63) is 65.2 Å². The molecule has 1 aliphatic heterocycles. The maximum Gasteiger partial charge on any atom is 0.267 e. The van der Waals surface area contributed by atoms with Crippen LogP contribution in [-0.4, -0.2) is 38.7 Å². The zero-order valence-corrected chi connectivity index (χ0v) is 17.2. The SMILES string of the molecule is O=C(C=Cc1ccccc1N1CCC(NS(=O)(=O)c2ccc(Cl)cc2)CC1)NO. The first-order valence-electron chi connectivity index (χ1n) is 9.13. The van der Waals surface area contributed by atoms with Gasteiger partial charge >= 0.3 is 0 Å². The number of hydrogen-bond donors (Lipinski definition) is 3. The van der Waals surface area contributed by atoms with Gasteiger partial charge in [0.25, 0.3) is 5.91 Å². The van der Waals surface area contributed by atoms with Crippen molar-refractivity contribution in [2.24, 2.45) is 0 Å². The van der Waals surface area contributed by atoms with Crippen LogP contribution in [0.1, 0.15) is 18.4 Å². The molecule has 0 atom stereocenters. The van der Waals surface area contributed by atoms with Crippen LogP contribution < -0.4 is 15.1 Å². The lowest BCUT2D eigenvalue weighted by Gasteiger charge is -2.34. The lowest BCUT2D eigenvalue weighted by Crippen LogP contribution is -2.44. The molecule has 0 aromatic heterocycles. The molecular formula is C20H22ClN3O4S. The molecule has 154 valence electrons. The molecule has 29 heavy (non-hydrogen) atoms. The van der Waals surface area contributed by atoms with E-state index in [0.29, 0.717) is 31.0 Å². The van der Waals surface area contributed by atoms with Crippen molar-refractivity contribution >= 4 is 39.3 Å². The number of nitrogens with zero attached hydrogens (tertiary/aromatic N) is 1. The molecule has 1 fully saturated rings. The molecule has 2 aromatic carbocycles. The van der Waals surface area contributed by atoms with Crippen molar-refractivity contribution in [1.82, 2.24) is 10.2 Å². The Labute approximate surface area is 175 Å². The number of carbonyl (C=O) groups excluding carboxylic acids is 1. The Kier molecular flexibility index (Phi) is 6.92. The van der Waals surface area contributed by atoms with Crippen LogP contribution in [0.15, 0.2) is 59.5 Å². The van der Waals surface area contributed by atoms with Gasteiger partial charge < -0.3 is 4.90 Å². The molecular weight excluding hydrogens is 414 g/mol. The molecule has 0 radical (unpaired) electrons. The average molecular weight is 436 g/mol. The van der Waals surface area contributed by atoms with Gasteiger partial charge in [-0.3, -0.25) is 10.0 Å². The van der Waals surface area contributed by atoms with Gasteiger partial charge in [-0.2, -0.15) is 0 Å². The second kappa shape index (κ2) is 9.41. The number of piperidine rings is 1. The third-order valence-corrected chi connectivity index (χ3v) is 6.53. The summed E-state index contributed by atoms with van der Waals surface area (Å²) >= 11 is 5.83. The van der Waals surface area contributed by atoms with Gasteiger partial charge in [0.15, 0.2) is 0 Å². The first-order valence-corrected chi connectivity index (χ1v) is 11.0. The van der Waals surface area contributed by atoms with Crippen molar-refractivity contribution < 1.29 is 18.4 Å². The van der Waals surface area contributed by atoms with E-state index in [9.17, 15) is 13.2 Å². The molecule has 1 aliphatic rings. The van der Waals surface area contributed by atoms with E-state index < -0.39 is 15.9 Å². The molecule has 0 spiro atoms. The van der Waals surface area contributed by atoms with Crippen molar-refractivity contribution in [1.29, 1.82) is 0 Å². The summed E-state index contributed by atoms with van der Waals surface area (Å²) in [6.45, 7) is 1.34. The second-order valence-corrected chi connectivity index (χ2v) is 8.86. The van der Waals surface area contributed by atoms with Crippen molar-refractivity contribution in [3.8, 4) is 0 Å². The third kappa shape index (κ3) is 5.57. The van der Waals surface area contributed by atoms with Crippen LogP contribution in [0, 0.1) is 0 Å². The summed E-state index contributed by atoms with van der Waals surface area (Å²) in [5.41, 5.74) is 3.36. The maximum absolute atomic E-state index is 12.6. The molecule has 1 heterocycles. The van der Waals surface area contributed by atoms with Gasteiger partial charge in [0.2, 0.25) is 10.0 Å². The normalized spacial score (nSPS) is 15.6. The van der Waals surface area contributed by atoms with Gasteiger partial charge in [-0.05, 0) is 54.8 Å². The van der Waals surface area contributed by atoms with Crippen LogP contribution in [0.4, 0.5) is 5.69 Å². The predicted molar refractivity (Wildman–Crippen MR) is 112 cm³/mol. The highest BCUT2D eigenvalue weighted by Gasteiger charge is 2.25. The Morgan fingerprint density at radius 3 is 2.41 bits per heavy atom. The van der Waals surface area contributed by atoms with E-state index in [1.165, 1.54) is 18.2 Å². The van der Waals surface area contributed by atoms with Gasteiger partial charge in [0, 0.05) is 35.9 Å². The van der Waals surface area contributed by atoms with E-state index in [-0.39, 0.29) is 10.9 Å². The molecule has 3 N–H and O–H groups in total. The number of amides is 1. The first kappa shape index (κ1) is 21.3. The quantitative estimate of drug-likeness (QED) is 0.368. The molecule has 3 rings (SSSR count). The summed E-state index contributed by atoms with van der Waals surface area (Å²) in [5, 5.41) is 9.11. The Hall–Kier alpha value is -2.39. The number of carbonyl (C=O) groups is 1. The van der Waals surface area contributed by atoms with E-state index in [0.717, 1.165) is 11.3 Å². The highest BCUT2D eigenvalue weighted by Crippen LogP contribution is 2.26. The summed E-state index contributed by atoms with van der Waals surface area (Å²) in [6, 6.07) is 13.5. The van der Waals surface area contributed by atoms with Crippen LogP contribution in [0.25, 0.3) is 6.08 Å². The minimum Gasteiger partial charge on any atom is -0.371 e. The van der Waals surface area contributed by atoms with E-state index in [1.54, 1.807) is 23.7 Å². The largest absolute Gasteiger partial charge is 0.371 e. The minimum atomic E-state index is -3.59. The molecule has 2 aromatic rings. The Bertz CT molecular complexity index is 985. The van der Waals surface area contributed by atoms with Crippen LogP contribution in [0.5, 0.6) is 0 Å². The van der Waals surface area contributed by atoms with Gasteiger partial charge in [-0.25, -0.2) is 18.6 Å². The number of para-hydroxylation sites is 1. The van der Waals surface area contributed by atoms with Gasteiger partial charge in [0.1, 0.15) is 0 Å². The number of halogens is 1. The molecule has 1 saturated heterocycles. The smallest absolute Gasteiger partial charge is 0.267 e. The van der Waals surface area contributed by atoms with Crippen molar-refractivity contribution in [3.63, 3.8) is 0 Å². The molecule has 7 nitrogen and oxygen atoms in total. The lowest BCUT2D eigenvalue weighted by molar-refractivity contribution is -0.124. The van der Waals surface area contributed by atoms with Crippen molar-refractivity contribution in [2.45, 2.75) is 23.8 Å². The number of sulfonamides is 1. The predicted octanol–water partition coefficient (Wildman–Crippen LogP) is 2.81. The summed E-state index contributed by atoms with van der Waals surface area (Å²) in [5.74, 6) is -0.602. The molecule has 0 aliphatic carbocycles. The van der Waals surface area contributed by atoms with Gasteiger partial charge in [-0.15, -0.1) is 0 Å².